The fraction of sp³-hybridized carbons (Fsp3) is 0. The van der Waals surface area contributed by atoms with Crippen molar-refractivity contribution in [2.75, 3.05) is 0 Å². The normalized spacial score (nSPS) is 10.0. The summed E-state index contributed by atoms with van der Waals surface area (Å²) in [7, 11) is 0. The van der Waals surface area contributed by atoms with Crippen LogP contribution in [0.1, 0.15) is 11.1 Å². The molecular formula is C16H14O2. The van der Waals surface area contributed by atoms with Crippen LogP contribution in [0, 0.1) is 0 Å². The van der Waals surface area contributed by atoms with Crippen molar-refractivity contribution in [2.24, 2.45) is 0 Å². The molecule has 0 aromatic heterocycles. The first-order chi connectivity index (χ1) is 8.67. The van der Waals surface area contributed by atoms with Gasteiger partial charge in [0, 0.05) is 5.56 Å². The molecule has 0 amide bonds. The van der Waals surface area contributed by atoms with Crippen molar-refractivity contribution in [3.05, 3.63) is 60.7 Å². The summed E-state index contributed by atoms with van der Waals surface area (Å²) < 4.78 is 0. The van der Waals surface area contributed by atoms with Gasteiger partial charge in [-0.25, -0.2) is 0 Å². The van der Waals surface area contributed by atoms with Gasteiger partial charge in [0.1, 0.15) is 11.5 Å². The predicted molar refractivity (Wildman–Crippen MR) is 75.4 cm³/mol. The highest BCUT2D eigenvalue weighted by Gasteiger charge is 2.09. The molecule has 18 heavy (non-hydrogen) atoms. The van der Waals surface area contributed by atoms with E-state index in [-0.39, 0.29) is 11.5 Å². The Balaban J connectivity index is 2.68. The fourth-order valence-electron chi connectivity index (χ4n) is 1.95. The molecule has 0 atom stereocenters. The van der Waals surface area contributed by atoms with Crippen LogP contribution >= 0.6 is 0 Å². The maximum Gasteiger partial charge on any atom is 0.123 e. The highest BCUT2D eigenvalue weighted by atomic mass is 16.3. The minimum absolute atomic E-state index is 0.183. The van der Waals surface area contributed by atoms with Crippen LogP contribution in [-0.4, -0.2) is 10.2 Å². The largest absolute Gasteiger partial charge is 0.508 e. The second-order valence-corrected chi connectivity index (χ2v) is 3.91. The molecule has 2 aromatic rings. The SMILES string of the molecule is C=Cc1c(O)ccc(-c2ccc(O)cc2)c1C=C. The van der Waals surface area contributed by atoms with E-state index in [1.54, 1.807) is 30.4 Å². The number of phenolic OH excluding ortho intramolecular Hbond substituents is 2. The third-order valence-corrected chi connectivity index (χ3v) is 2.85. The number of phenols is 2. The van der Waals surface area contributed by atoms with E-state index < -0.39 is 0 Å². The van der Waals surface area contributed by atoms with Crippen LogP contribution in [0.15, 0.2) is 49.6 Å². The molecule has 0 saturated carbocycles. The zero-order valence-corrected chi connectivity index (χ0v) is 9.93. The molecule has 90 valence electrons. The van der Waals surface area contributed by atoms with Crippen LogP contribution in [0.4, 0.5) is 0 Å². The molecule has 0 spiro atoms. The van der Waals surface area contributed by atoms with Crippen molar-refractivity contribution in [1.82, 2.24) is 0 Å². The molecule has 0 fully saturated rings. The number of aromatic hydroxyl groups is 2. The van der Waals surface area contributed by atoms with E-state index in [9.17, 15) is 10.2 Å². The number of hydrogen-bond donors (Lipinski definition) is 2. The zero-order chi connectivity index (χ0) is 13.1. The summed E-state index contributed by atoms with van der Waals surface area (Å²) in [6.07, 6.45) is 3.30. The predicted octanol–water partition coefficient (Wildman–Crippen LogP) is 4.05. The van der Waals surface area contributed by atoms with E-state index in [0.29, 0.717) is 5.56 Å². The lowest BCUT2D eigenvalue weighted by atomic mass is 9.94. The molecule has 0 aliphatic rings. The van der Waals surface area contributed by atoms with Crippen molar-refractivity contribution in [2.45, 2.75) is 0 Å². The monoisotopic (exact) mass is 238 g/mol. The summed E-state index contributed by atoms with van der Waals surface area (Å²) >= 11 is 0. The molecule has 0 aliphatic heterocycles. The number of rotatable bonds is 3. The first kappa shape index (κ1) is 12.0. The van der Waals surface area contributed by atoms with E-state index in [0.717, 1.165) is 16.7 Å². The van der Waals surface area contributed by atoms with Crippen molar-refractivity contribution in [3.63, 3.8) is 0 Å². The summed E-state index contributed by atoms with van der Waals surface area (Å²) in [4.78, 5) is 0. The van der Waals surface area contributed by atoms with Crippen molar-refractivity contribution in [3.8, 4) is 22.6 Å². The Kier molecular flexibility index (Phi) is 3.20. The first-order valence-electron chi connectivity index (χ1n) is 5.57. The summed E-state index contributed by atoms with van der Waals surface area (Å²) in [5.74, 6) is 0.407. The third-order valence-electron chi connectivity index (χ3n) is 2.85. The highest BCUT2D eigenvalue weighted by Crippen LogP contribution is 2.33. The van der Waals surface area contributed by atoms with Crippen molar-refractivity contribution < 1.29 is 10.2 Å². The standard InChI is InChI=1S/C16H14O2/c1-3-13-14(4-2)16(18)10-9-15(13)11-5-7-12(17)8-6-11/h3-10,17-18H,1-2H2. The van der Waals surface area contributed by atoms with Gasteiger partial charge in [0.2, 0.25) is 0 Å². The van der Waals surface area contributed by atoms with Gasteiger partial charge in [0.25, 0.3) is 0 Å². The van der Waals surface area contributed by atoms with Gasteiger partial charge in [-0.1, -0.05) is 43.5 Å². The second kappa shape index (κ2) is 4.80. The molecule has 2 aromatic carbocycles. The van der Waals surface area contributed by atoms with E-state index in [2.05, 4.69) is 13.2 Å². The van der Waals surface area contributed by atoms with Gasteiger partial charge in [-0.15, -0.1) is 0 Å². The lowest BCUT2D eigenvalue weighted by Gasteiger charge is -2.11. The molecule has 2 heteroatoms. The molecule has 0 aliphatic carbocycles. The quantitative estimate of drug-likeness (QED) is 0.846. The highest BCUT2D eigenvalue weighted by molar-refractivity contribution is 5.82. The molecule has 0 heterocycles. The van der Waals surface area contributed by atoms with Gasteiger partial charge >= 0.3 is 0 Å². The molecular weight excluding hydrogens is 224 g/mol. The number of hydrogen-bond acceptors (Lipinski definition) is 2. The van der Waals surface area contributed by atoms with Crippen LogP contribution in [-0.2, 0) is 0 Å². The van der Waals surface area contributed by atoms with E-state index in [1.807, 2.05) is 18.2 Å². The number of benzene rings is 2. The molecule has 2 N–H and O–H groups in total. The Labute approximate surface area is 106 Å². The van der Waals surface area contributed by atoms with Gasteiger partial charge in [0.05, 0.1) is 0 Å². The van der Waals surface area contributed by atoms with Crippen LogP contribution in [0.2, 0.25) is 0 Å². The molecule has 0 bridgehead atoms. The van der Waals surface area contributed by atoms with Crippen LogP contribution < -0.4 is 0 Å². The first-order valence-corrected chi connectivity index (χ1v) is 5.57. The minimum Gasteiger partial charge on any atom is -0.508 e. The van der Waals surface area contributed by atoms with E-state index >= 15 is 0 Å². The topological polar surface area (TPSA) is 40.5 Å². The van der Waals surface area contributed by atoms with Gasteiger partial charge in [0.15, 0.2) is 0 Å². The molecule has 2 nitrogen and oxygen atoms in total. The smallest absolute Gasteiger partial charge is 0.123 e. The van der Waals surface area contributed by atoms with E-state index in [1.165, 1.54) is 0 Å². The van der Waals surface area contributed by atoms with Crippen LogP contribution in [0.25, 0.3) is 23.3 Å². The summed E-state index contributed by atoms with van der Waals surface area (Å²) in [6, 6.07) is 10.4. The Bertz CT molecular complexity index is 595. The van der Waals surface area contributed by atoms with Crippen LogP contribution in [0.3, 0.4) is 0 Å². The molecule has 0 unspecified atom stereocenters. The lowest BCUT2D eigenvalue weighted by Crippen LogP contribution is -1.88. The van der Waals surface area contributed by atoms with Crippen molar-refractivity contribution in [1.29, 1.82) is 0 Å². The van der Waals surface area contributed by atoms with Crippen molar-refractivity contribution >= 4 is 12.2 Å². The molecule has 2 rings (SSSR count). The zero-order valence-electron chi connectivity index (χ0n) is 9.93. The Hall–Kier alpha value is -2.48. The third kappa shape index (κ3) is 2.00. The Morgan fingerprint density at radius 2 is 1.39 bits per heavy atom. The maximum atomic E-state index is 9.78. The van der Waals surface area contributed by atoms with Gasteiger partial charge in [-0.2, -0.15) is 0 Å². The Morgan fingerprint density at radius 3 is 1.94 bits per heavy atom. The molecule has 0 radical (unpaired) electrons. The summed E-state index contributed by atoms with van der Waals surface area (Å²) in [5, 5.41) is 19.1. The van der Waals surface area contributed by atoms with E-state index in [4.69, 9.17) is 0 Å². The molecule has 0 saturated heterocycles. The summed E-state index contributed by atoms with van der Waals surface area (Å²) in [5.41, 5.74) is 3.38. The van der Waals surface area contributed by atoms with Gasteiger partial charge < -0.3 is 10.2 Å². The Morgan fingerprint density at radius 1 is 0.778 bits per heavy atom. The fourth-order valence-corrected chi connectivity index (χ4v) is 1.95. The van der Waals surface area contributed by atoms with Gasteiger partial charge in [-0.3, -0.25) is 0 Å². The van der Waals surface area contributed by atoms with Gasteiger partial charge in [-0.05, 0) is 34.9 Å². The minimum atomic E-state index is 0.183. The second-order valence-electron chi connectivity index (χ2n) is 3.91. The van der Waals surface area contributed by atoms with Crippen LogP contribution in [0.5, 0.6) is 11.5 Å². The maximum absolute atomic E-state index is 9.78. The average Bonchev–Trinajstić information content (AvgIpc) is 2.39. The lowest BCUT2D eigenvalue weighted by molar-refractivity contribution is 0.473. The average molecular weight is 238 g/mol. The summed E-state index contributed by atoms with van der Waals surface area (Å²) in [6.45, 7) is 7.48.